The van der Waals surface area contributed by atoms with Gasteiger partial charge < -0.3 is 14.2 Å². The van der Waals surface area contributed by atoms with E-state index in [1.807, 2.05) is 18.6 Å². The van der Waals surface area contributed by atoms with E-state index in [4.69, 9.17) is 4.74 Å². The first kappa shape index (κ1) is 17.7. The van der Waals surface area contributed by atoms with Crippen LogP contribution in [0.15, 0.2) is 24.7 Å². The highest BCUT2D eigenvalue weighted by atomic mass is 16.5. The van der Waals surface area contributed by atoms with Gasteiger partial charge in [0, 0.05) is 62.9 Å². The highest BCUT2D eigenvalue weighted by molar-refractivity contribution is 5.09. The summed E-state index contributed by atoms with van der Waals surface area (Å²) in [6, 6.07) is 2.20. The summed E-state index contributed by atoms with van der Waals surface area (Å²) in [4.78, 5) is 7.19. The van der Waals surface area contributed by atoms with Crippen LogP contribution in [0.5, 0.6) is 0 Å². The number of rotatable bonds is 5. The number of nitrogens with zero attached hydrogens (tertiary/aromatic N) is 5. The van der Waals surface area contributed by atoms with Gasteiger partial charge in [0.1, 0.15) is 11.9 Å². The Labute approximate surface area is 156 Å². The molecule has 2 atom stereocenters. The maximum atomic E-state index is 6.15. The number of ether oxygens (including phenoxy) is 1. The van der Waals surface area contributed by atoms with Crippen molar-refractivity contribution in [3.63, 3.8) is 0 Å². The van der Waals surface area contributed by atoms with Crippen LogP contribution >= 0.6 is 0 Å². The first-order chi connectivity index (χ1) is 12.8. The molecule has 2 saturated heterocycles. The molecule has 2 aromatic rings. The lowest BCUT2D eigenvalue weighted by molar-refractivity contribution is -0.0468. The summed E-state index contributed by atoms with van der Waals surface area (Å²) in [6.07, 6.45) is 10.8. The average molecular weight is 358 g/mol. The molecule has 0 spiro atoms. The van der Waals surface area contributed by atoms with Crippen molar-refractivity contribution >= 4 is 0 Å². The minimum Gasteiger partial charge on any atom is -0.370 e. The predicted octanol–water partition coefficient (Wildman–Crippen LogP) is 2.98. The van der Waals surface area contributed by atoms with Crippen molar-refractivity contribution in [3.05, 3.63) is 36.2 Å². The lowest BCUT2D eigenvalue weighted by Gasteiger charge is -2.38. The van der Waals surface area contributed by atoms with Crippen LogP contribution < -0.4 is 0 Å². The minimum atomic E-state index is 0.142. The number of aromatic nitrogens is 4. The molecular weight excluding hydrogens is 326 g/mol. The van der Waals surface area contributed by atoms with Gasteiger partial charge in [0.2, 0.25) is 0 Å². The quantitative estimate of drug-likeness (QED) is 0.825. The van der Waals surface area contributed by atoms with Crippen molar-refractivity contribution in [2.45, 2.75) is 51.2 Å². The normalized spacial score (nSPS) is 25.6. The third kappa shape index (κ3) is 3.58. The van der Waals surface area contributed by atoms with E-state index < -0.39 is 0 Å². The van der Waals surface area contributed by atoms with E-state index in [2.05, 4.69) is 44.3 Å². The fourth-order valence-electron chi connectivity index (χ4n) is 4.66. The molecule has 2 aliphatic heterocycles. The van der Waals surface area contributed by atoms with E-state index in [0.717, 1.165) is 31.9 Å². The molecule has 4 heterocycles. The van der Waals surface area contributed by atoms with Crippen LogP contribution in [-0.2, 0) is 18.3 Å². The molecule has 0 amide bonds. The Balaban J connectivity index is 1.36. The summed E-state index contributed by atoms with van der Waals surface area (Å²) in [7, 11) is 2.07. The van der Waals surface area contributed by atoms with E-state index >= 15 is 0 Å². The number of hydrogen-bond acceptors (Lipinski definition) is 4. The van der Waals surface area contributed by atoms with Crippen LogP contribution in [0.4, 0.5) is 0 Å². The number of piperidine rings is 1. The maximum Gasteiger partial charge on any atom is 0.137 e. The molecule has 2 aliphatic rings. The van der Waals surface area contributed by atoms with Crippen molar-refractivity contribution in [3.8, 4) is 0 Å². The molecule has 0 aromatic carbocycles. The highest BCUT2D eigenvalue weighted by Gasteiger charge is 2.33. The Hall–Kier alpha value is -1.66. The number of aryl methyl sites for hydroxylation is 2. The lowest BCUT2D eigenvalue weighted by atomic mass is 9.89. The molecular formula is C20H31N5O. The van der Waals surface area contributed by atoms with Crippen molar-refractivity contribution in [1.29, 1.82) is 0 Å². The van der Waals surface area contributed by atoms with Crippen molar-refractivity contribution in [2.24, 2.45) is 13.0 Å². The zero-order chi connectivity index (χ0) is 17.9. The summed E-state index contributed by atoms with van der Waals surface area (Å²) < 4.78 is 10.4. The van der Waals surface area contributed by atoms with E-state index in [9.17, 15) is 0 Å². The first-order valence-electron chi connectivity index (χ1n) is 10.1. The van der Waals surface area contributed by atoms with Gasteiger partial charge in [0.05, 0.1) is 0 Å². The van der Waals surface area contributed by atoms with Crippen LogP contribution in [0, 0.1) is 5.92 Å². The third-order valence-corrected chi connectivity index (χ3v) is 6.11. The van der Waals surface area contributed by atoms with Gasteiger partial charge >= 0.3 is 0 Å². The molecule has 4 rings (SSSR count). The van der Waals surface area contributed by atoms with Crippen LogP contribution in [0.3, 0.4) is 0 Å². The van der Waals surface area contributed by atoms with Crippen LogP contribution in [0.1, 0.15) is 56.1 Å². The second kappa shape index (κ2) is 7.92. The van der Waals surface area contributed by atoms with Crippen molar-refractivity contribution in [2.75, 3.05) is 26.2 Å². The molecule has 6 heteroatoms. The van der Waals surface area contributed by atoms with Gasteiger partial charge in [0.15, 0.2) is 0 Å². The summed E-state index contributed by atoms with van der Waals surface area (Å²) in [5.41, 5.74) is 1.42. The Morgan fingerprint density at radius 3 is 2.77 bits per heavy atom. The maximum absolute atomic E-state index is 6.15. The predicted molar refractivity (Wildman–Crippen MR) is 101 cm³/mol. The average Bonchev–Trinajstić information content (AvgIpc) is 3.31. The van der Waals surface area contributed by atoms with Crippen LogP contribution in [0.25, 0.3) is 0 Å². The fraction of sp³-hybridized carbons (Fsp3) is 0.700. The first-order valence-corrected chi connectivity index (χ1v) is 10.1. The van der Waals surface area contributed by atoms with Gasteiger partial charge in [-0.25, -0.2) is 4.98 Å². The summed E-state index contributed by atoms with van der Waals surface area (Å²) in [5.74, 6) is 2.28. The van der Waals surface area contributed by atoms with Crippen LogP contribution in [-0.4, -0.2) is 50.5 Å². The Morgan fingerprint density at radius 1 is 1.19 bits per heavy atom. The zero-order valence-electron chi connectivity index (χ0n) is 16.0. The Bertz CT molecular complexity index is 701. The highest BCUT2D eigenvalue weighted by Crippen LogP contribution is 2.35. The van der Waals surface area contributed by atoms with E-state index in [1.165, 1.54) is 38.0 Å². The molecule has 0 N–H and O–H groups in total. The number of hydrogen-bond donors (Lipinski definition) is 0. The van der Waals surface area contributed by atoms with Gasteiger partial charge in [0.25, 0.3) is 0 Å². The number of likely N-dealkylation sites (tertiary alicyclic amines) is 1. The van der Waals surface area contributed by atoms with Gasteiger partial charge in [-0.2, -0.15) is 5.10 Å². The number of imidazole rings is 1. The van der Waals surface area contributed by atoms with Crippen molar-refractivity contribution < 1.29 is 4.74 Å². The Kier molecular flexibility index (Phi) is 5.41. The minimum absolute atomic E-state index is 0.142. The van der Waals surface area contributed by atoms with E-state index in [-0.39, 0.29) is 6.10 Å². The molecule has 0 bridgehead atoms. The van der Waals surface area contributed by atoms with Gasteiger partial charge in [-0.1, -0.05) is 0 Å². The van der Waals surface area contributed by atoms with Gasteiger partial charge in [-0.15, -0.1) is 0 Å². The molecule has 0 saturated carbocycles. The standard InChI is InChI=1S/C20H31N5O/c1-3-25-18(6-9-22-25)16-7-11-24(12-8-16)15-17-5-4-14-26-19(17)20-21-10-13-23(20)2/h6,9-10,13,16-17,19H,3-5,7-8,11-12,14-15H2,1-2H3/t17-,19+/m0/s1. The molecule has 2 fully saturated rings. The molecule has 26 heavy (non-hydrogen) atoms. The summed E-state index contributed by atoms with van der Waals surface area (Å²) >= 11 is 0. The smallest absolute Gasteiger partial charge is 0.137 e. The van der Waals surface area contributed by atoms with Crippen molar-refractivity contribution in [1.82, 2.24) is 24.2 Å². The molecule has 0 aliphatic carbocycles. The third-order valence-electron chi connectivity index (χ3n) is 6.11. The SMILES string of the molecule is CCn1nccc1C1CCN(C[C@@H]2CCCO[C@H]2c2nccn2C)CC1. The monoisotopic (exact) mass is 357 g/mol. The lowest BCUT2D eigenvalue weighted by Crippen LogP contribution is -2.40. The molecule has 0 radical (unpaired) electrons. The molecule has 6 nitrogen and oxygen atoms in total. The Morgan fingerprint density at radius 2 is 2.04 bits per heavy atom. The van der Waals surface area contributed by atoms with E-state index in [1.54, 1.807) is 0 Å². The molecule has 2 aromatic heterocycles. The van der Waals surface area contributed by atoms with Gasteiger partial charge in [-0.3, -0.25) is 4.68 Å². The second-order valence-electron chi connectivity index (χ2n) is 7.74. The largest absolute Gasteiger partial charge is 0.370 e. The van der Waals surface area contributed by atoms with E-state index in [0.29, 0.717) is 11.8 Å². The summed E-state index contributed by atoms with van der Waals surface area (Å²) in [6.45, 7) is 7.46. The fourth-order valence-corrected chi connectivity index (χ4v) is 4.66. The second-order valence-corrected chi connectivity index (χ2v) is 7.74. The zero-order valence-corrected chi connectivity index (χ0v) is 16.0. The summed E-state index contributed by atoms with van der Waals surface area (Å²) in [5, 5.41) is 4.45. The van der Waals surface area contributed by atoms with Gasteiger partial charge in [-0.05, 0) is 51.8 Å². The molecule has 142 valence electrons. The topological polar surface area (TPSA) is 48.1 Å². The van der Waals surface area contributed by atoms with Crippen LogP contribution in [0.2, 0.25) is 0 Å². The molecule has 0 unspecified atom stereocenters.